The number of ether oxygens (including phenoxy) is 1. The summed E-state index contributed by atoms with van der Waals surface area (Å²) in [5.74, 6) is 2.12. The van der Waals surface area contributed by atoms with Gasteiger partial charge in [-0.25, -0.2) is 0 Å². The summed E-state index contributed by atoms with van der Waals surface area (Å²) in [7, 11) is 0. The molecule has 0 aromatic heterocycles. The van der Waals surface area contributed by atoms with Gasteiger partial charge >= 0.3 is 0 Å². The summed E-state index contributed by atoms with van der Waals surface area (Å²) in [6.07, 6.45) is 8.29. The highest BCUT2D eigenvalue weighted by molar-refractivity contribution is 14.1. The maximum atomic E-state index is 12.5. The summed E-state index contributed by atoms with van der Waals surface area (Å²) >= 11 is 9.26. The lowest BCUT2D eigenvalue weighted by atomic mass is 10.1. The van der Waals surface area contributed by atoms with Crippen LogP contribution in [0.3, 0.4) is 0 Å². The molecule has 1 aliphatic rings. The van der Waals surface area contributed by atoms with Crippen LogP contribution >= 0.6 is 57.4 Å². The maximum absolute atomic E-state index is 12.5. The Hall–Kier alpha value is -1.45. The highest BCUT2D eigenvalue weighted by atomic mass is 127. The fraction of sp³-hybridized carbons (Fsp3) is 0.118. The van der Waals surface area contributed by atoms with Gasteiger partial charge in [-0.3, -0.25) is 19.8 Å². The molecular weight excluding hydrogens is 566 g/mol. The van der Waals surface area contributed by atoms with E-state index in [0.717, 1.165) is 7.14 Å². The van der Waals surface area contributed by atoms with Crippen molar-refractivity contribution in [3.05, 3.63) is 43.1 Å². The van der Waals surface area contributed by atoms with Gasteiger partial charge < -0.3 is 4.74 Å². The molecule has 2 amide bonds. The minimum absolute atomic E-state index is 0.0133. The summed E-state index contributed by atoms with van der Waals surface area (Å²) in [4.78, 5) is 26.0. The second-order valence-electron chi connectivity index (χ2n) is 4.83. The van der Waals surface area contributed by atoms with E-state index in [1.165, 1.54) is 11.0 Å². The van der Waals surface area contributed by atoms with Crippen LogP contribution in [0.4, 0.5) is 0 Å². The molecule has 1 heterocycles. The van der Waals surface area contributed by atoms with Crippen molar-refractivity contribution in [2.75, 3.05) is 13.2 Å². The van der Waals surface area contributed by atoms with Gasteiger partial charge in [0.25, 0.3) is 11.8 Å². The lowest BCUT2D eigenvalue weighted by molar-refractivity contribution is -0.128. The van der Waals surface area contributed by atoms with Crippen molar-refractivity contribution in [2.24, 2.45) is 0 Å². The van der Waals surface area contributed by atoms with Crippen LogP contribution in [0, 0.1) is 19.5 Å². The number of halogens is 2. The highest BCUT2D eigenvalue weighted by Crippen LogP contribution is 2.30. The Morgan fingerprint density at radius 3 is 2.56 bits per heavy atom. The summed E-state index contributed by atoms with van der Waals surface area (Å²) in [5.41, 5.74) is 0.714. The third-order valence-electron chi connectivity index (χ3n) is 3.13. The van der Waals surface area contributed by atoms with Gasteiger partial charge in [0.2, 0.25) is 0 Å². The van der Waals surface area contributed by atoms with Gasteiger partial charge in [-0.15, -0.1) is 13.0 Å². The molecule has 1 N–H and O–H groups in total. The van der Waals surface area contributed by atoms with Crippen molar-refractivity contribution in [1.82, 2.24) is 10.2 Å². The van der Waals surface area contributed by atoms with E-state index in [4.69, 9.17) is 23.4 Å². The fourth-order valence-corrected chi connectivity index (χ4v) is 4.45. The largest absolute Gasteiger partial charge is 0.479 e. The van der Waals surface area contributed by atoms with Crippen LogP contribution in [-0.4, -0.2) is 35.0 Å². The molecule has 1 aromatic rings. The number of rotatable bonds is 5. The number of hydrogen-bond donors (Lipinski definition) is 1. The van der Waals surface area contributed by atoms with Crippen LogP contribution in [0.15, 0.2) is 30.4 Å². The van der Waals surface area contributed by atoms with Gasteiger partial charge in [-0.1, -0.05) is 12.0 Å². The van der Waals surface area contributed by atoms with Crippen LogP contribution in [-0.2, 0) is 9.59 Å². The van der Waals surface area contributed by atoms with Crippen molar-refractivity contribution in [1.29, 1.82) is 0 Å². The first-order valence-electron chi connectivity index (χ1n) is 6.94. The predicted molar refractivity (Wildman–Crippen MR) is 117 cm³/mol. The van der Waals surface area contributed by atoms with Crippen molar-refractivity contribution in [3.63, 3.8) is 0 Å². The zero-order valence-corrected chi connectivity index (χ0v) is 18.0. The second kappa shape index (κ2) is 8.77. The first kappa shape index (κ1) is 19.9. The Balaban J connectivity index is 2.40. The summed E-state index contributed by atoms with van der Waals surface area (Å²) < 4.78 is 7.17. The monoisotopic (exact) mass is 578 g/mol. The summed E-state index contributed by atoms with van der Waals surface area (Å²) in [6.45, 7) is 3.99. The number of thiocarbonyl (C=S) groups is 1. The highest BCUT2D eigenvalue weighted by Gasteiger charge is 2.32. The van der Waals surface area contributed by atoms with Crippen molar-refractivity contribution < 1.29 is 14.3 Å². The van der Waals surface area contributed by atoms with Crippen LogP contribution in [0.2, 0.25) is 0 Å². The maximum Gasteiger partial charge on any atom is 0.265 e. The molecule has 0 atom stereocenters. The average Bonchev–Trinajstić information content (AvgIpc) is 2.55. The number of carbonyl (C=O) groups excluding carboxylic acids is 2. The van der Waals surface area contributed by atoms with E-state index in [-0.39, 0.29) is 23.8 Å². The van der Waals surface area contributed by atoms with Gasteiger partial charge in [-0.2, -0.15) is 0 Å². The molecule has 0 radical (unpaired) electrons. The molecule has 0 spiro atoms. The van der Waals surface area contributed by atoms with E-state index >= 15 is 0 Å². The Labute approximate surface area is 178 Å². The topological polar surface area (TPSA) is 58.6 Å². The third kappa shape index (κ3) is 4.59. The molecule has 5 nitrogen and oxygen atoms in total. The standard InChI is InChI=1S/C17H12I2N2O3S/c1-3-5-21-16(23)11(15(22)20-17(21)25)7-10-8-12(18)14(13(19)9-10)24-6-4-2/h2-3,7-9H,1,5-6H2,(H,20,22,25)/b11-7+. The van der Waals surface area contributed by atoms with E-state index in [2.05, 4.69) is 63.0 Å². The van der Waals surface area contributed by atoms with Gasteiger partial charge in [0.15, 0.2) is 5.11 Å². The zero-order valence-electron chi connectivity index (χ0n) is 12.8. The molecule has 25 heavy (non-hydrogen) atoms. The normalized spacial score (nSPS) is 15.8. The Kier molecular flexibility index (Phi) is 6.97. The van der Waals surface area contributed by atoms with Gasteiger partial charge in [0.05, 0.1) is 7.14 Å². The molecule has 0 aliphatic carbocycles. The van der Waals surface area contributed by atoms with Crippen LogP contribution in [0.1, 0.15) is 5.56 Å². The van der Waals surface area contributed by atoms with Crippen LogP contribution in [0.25, 0.3) is 6.08 Å². The summed E-state index contributed by atoms with van der Waals surface area (Å²) in [6, 6.07) is 3.62. The van der Waals surface area contributed by atoms with Gasteiger partial charge in [0.1, 0.15) is 17.9 Å². The van der Waals surface area contributed by atoms with Gasteiger partial charge in [0, 0.05) is 6.54 Å². The minimum Gasteiger partial charge on any atom is -0.479 e. The van der Waals surface area contributed by atoms with E-state index in [1.807, 2.05) is 12.1 Å². The van der Waals surface area contributed by atoms with Crippen LogP contribution < -0.4 is 10.1 Å². The fourth-order valence-electron chi connectivity index (χ4n) is 2.07. The minimum atomic E-state index is -0.520. The number of benzene rings is 1. The number of hydrogen-bond acceptors (Lipinski definition) is 4. The molecule has 1 aromatic carbocycles. The average molecular weight is 578 g/mol. The number of carbonyl (C=O) groups is 2. The molecule has 1 aliphatic heterocycles. The van der Waals surface area contributed by atoms with Crippen LogP contribution in [0.5, 0.6) is 5.75 Å². The van der Waals surface area contributed by atoms with E-state index < -0.39 is 11.8 Å². The number of terminal acetylenes is 1. The number of nitrogens with zero attached hydrogens (tertiary/aromatic N) is 1. The Bertz CT molecular complexity index is 820. The zero-order chi connectivity index (χ0) is 18.6. The molecule has 0 bridgehead atoms. The molecule has 8 heteroatoms. The van der Waals surface area contributed by atoms with Crippen molar-refractivity contribution in [2.45, 2.75) is 0 Å². The third-order valence-corrected chi connectivity index (χ3v) is 5.05. The predicted octanol–water partition coefficient (Wildman–Crippen LogP) is 2.72. The molecule has 1 saturated heterocycles. The lowest BCUT2D eigenvalue weighted by Gasteiger charge is -2.27. The first-order valence-corrected chi connectivity index (χ1v) is 9.50. The molecule has 0 unspecified atom stereocenters. The summed E-state index contributed by atoms with van der Waals surface area (Å²) in [5, 5.41) is 2.59. The quantitative estimate of drug-likeness (QED) is 0.146. The molecular formula is C17H12I2N2O3S. The number of amides is 2. The molecule has 128 valence electrons. The molecule has 2 rings (SSSR count). The Morgan fingerprint density at radius 1 is 1.36 bits per heavy atom. The van der Waals surface area contributed by atoms with E-state index in [0.29, 0.717) is 11.3 Å². The van der Waals surface area contributed by atoms with E-state index in [9.17, 15) is 9.59 Å². The SMILES string of the molecule is C#CCOc1c(I)cc(/C=C2\C(=O)NC(=S)N(CC=C)C2=O)cc1I. The lowest BCUT2D eigenvalue weighted by Crippen LogP contribution is -2.53. The smallest absolute Gasteiger partial charge is 0.265 e. The second-order valence-corrected chi connectivity index (χ2v) is 7.54. The van der Waals surface area contributed by atoms with Gasteiger partial charge in [-0.05, 0) is 81.2 Å². The van der Waals surface area contributed by atoms with E-state index in [1.54, 1.807) is 6.08 Å². The molecule has 0 saturated carbocycles. The number of nitrogens with one attached hydrogen (secondary N) is 1. The van der Waals surface area contributed by atoms with Crippen molar-refractivity contribution >= 4 is 80.4 Å². The Morgan fingerprint density at radius 2 is 2.00 bits per heavy atom. The van der Waals surface area contributed by atoms with Crippen molar-refractivity contribution in [3.8, 4) is 18.1 Å². The molecule has 1 fully saturated rings. The first-order chi connectivity index (χ1) is 11.9.